The largest absolute Gasteiger partial charge is 0.481 e. The van der Waals surface area contributed by atoms with Gasteiger partial charge in [0.15, 0.2) is 0 Å². The van der Waals surface area contributed by atoms with Crippen LogP contribution in [0.2, 0.25) is 0 Å². The average Bonchev–Trinajstić information content (AvgIpc) is 2.84. The fourth-order valence-corrected chi connectivity index (χ4v) is 3.10. The van der Waals surface area contributed by atoms with Crippen LogP contribution < -0.4 is 16.8 Å². The number of carboxylic acids is 2. The number of carboxylic acid groups (broad SMARTS) is 2. The Labute approximate surface area is 236 Å². The SMILES string of the molecule is CC(C)C(N)=O.CC(C)C(N)=O.CCCCCCCCCCCCCCCC(=O)N[C@@H](CCC(=O)O)C(=O)O. The highest BCUT2D eigenvalue weighted by Gasteiger charge is 2.20. The van der Waals surface area contributed by atoms with Crippen molar-refractivity contribution in [3.8, 4) is 0 Å². The third-order valence-electron chi connectivity index (χ3n) is 5.93. The first-order valence-corrected chi connectivity index (χ1v) is 14.6. The van der Waals surface area contributed by atoms with Gasteiger partial charge >= 0.3 is 11.9 Å². The molecule has 0 saturated heterocycles. The number of carbonyl (C=O) groups excluding carboxylic acids is 3. The summed E-state index contributed by atoms with van der Waals surface area (Å²) in [5, 5.41) is 20.0. The van der Waals surface area contributed by atoms with Crippen LogP contribution in [0.1, 0.15) is 137 Å². The topological polar surface area (TPSA) is 190 Å². The highest BCUT2D eigenvalue weighted by atomic mass is 16.4. The molecular weight excluding hydrogens is 502 g/mol. The molecule has 0 aromatic heterocycles. The molecular formula is C29H57N3O7. The van der Waals surface area contributed by atoms with Crippen LogP contribution in [-0.4, -0.2) is 45.9 Å². The van der Waals surface area contributed by atoms with Gasteiger partial charge in [-0.15, -0.1) is 0 Å². The lowest BCUT2D eigenvalue weighted by atomic mass is 10.0. The molecule has 0 fully saturated rings. The average molecular weight is 560 g/mol. The van der Waals surface area contributed by atoms with Crippen molar-refractivity contribution in [1.82, 2.24) is 5.32 Å². The summed E-state index contributed by atoms with van der Waals surface area (Å²) in [5.74, 6) is -3.06. The van der Waals surface area contributed by atoms with E-state index in [0.717, 1.165) is 19.3 Å². The molecule has 0 aromatic rings. The Hall–Kier alpha value is -2.65. The van der Waals surface area contributed by atoms with Crippen LogP contribution in [0.3, 0.4) is 0 Å². The molecule has 0 spiro atoms. The molecule has 10 nitrogen and oxygen atoms in total. The van der Waals surface area contributed by atoms with Gasteiger partial charge in [0, 0.05) is 24.7 Å². The van der Waals surface area contributed by atoms with E-state index in [0.29, 0.717) is 6.42 Å². The molecule has 0 saturated carbocycles. The summed E-state index contributed by atoms with van der Waals surface area (Å²) in [4.78, 5) is 53.2. The summed E-state index contributed by atoms with van der Waals surface area (Å²) in [6.07, 6.45) is 15.9. The van der Waals surface area contributed by atoms with Crippen molar-refractivity contribution in [3.63, 3.8) is 0 Å². The fraction of sp³-hybridized carbons (Fsp3) is 0.828. The van der Waals surface area contributed by atoms with E-state index in [-0.39, 0.29) is 42.4 Å². The Kier molecular flexibility index (Phi) is 29.7. The monoisotopic (exact) mass is 559 g/mol. The second kappa shape index (κ2) is 28.4. The zero-order valence-corrected chi connectivity index (χ0v) is 25.1. The smallest absolute Gasteiger partial charge is 0.326 e. The van der Waals surface area contributed by atoms with Gasteiger partial charge < -0.3 is 27.0 Å². The first kappa shape index (κ1) is 40.8. The first-order valence-electron chi connectivity index (χ1n) is 14.6. The van der Waals surface area contributed by atoms with Crippen molar-refractivity contribution in [2.45, 2.75) is 143 Å². The molecule has 0 bridgehead atoms. The van der Waals surface area contributed by atoms with Crippen LogP contribution >= 0.6 is 0 Å². The van der Waals surface area contributed by atoms with Crippen LogP contribution in [0.25, 0.3) is 0 Å². The van der Waals surface area contributed by atoms with Crippen LogP contribution in [0.4, 0.5) is 0 Å². The van der Waals surface area contributed by atoms with Crippen molar-refractivity contribution in [1.29, 1.82) is 0 Å². The second-order valence-corrected chi connectivity index (χ2v) is 10.5. The zero-order valence-electron chi connectivity index (χ0n) is 25.1. The number of nitrogens with two attached hydrogens (primary N) is 2. The predicted octanol–water partition coefficient (Wildman–Crippen LogP) is 5.16. The zero-order chi connectivity index (χ0) is 30.6. The number of primary amides is 2. The molecule has 0 aliphatic heterocycles. The summed E-state index contributed by atoms with van der Waals surface area (Å²) < 4.78 is 0. The fourth-order valence-electron chi connectivity index (χ4n) is 3.10. The molecule has 1 atom stereocenters. The molecule has 0 aliphatic rings. The Morgan fingerprint density at radius 2 is 0.949 bits per heavy atom. The highest BCUT2D eigenvalue weighted by Crippen LogP contribution is 2.13. The van der Waals surface area contributed by atoms with Crippen LogP contribution in [0.15, 0.2) is 0 Å². The third kappa shape index (κ3) is 35.4. The minimum Gasteiger partial charge on any atom is -0.481 e. The summed E-state index contributed by atoms with van der Waals surface area (Å²) in [6.45, 7) is 9.30. The number of hydrogen-bond donors (Lipinski definition) is 5. The van der Waals surface area contributed by atoms with Gasteiger partial charge in [-0.1, -0.05) is 112 Å². The van der Waals surface area contributed by atoms with Crippen molar-refractivity contribution in [2.75, 3.05) is 0 Å². The molecule has 0 unspecified atom stereocenters. The number of rotatable bonds is 21. The number of aliphatic carboxylic acids is 2. The van der Waals surface area contributed by atoms with Crippen molar-refractivity contribution < 1.29 is 34.2 Å². The molecule has 0 aliphatic carbocycles. The van der Waals surface area contributed by atoms with Gasteiger partial charge in [0.1, 0.15) is 6.04 Å². The quantitative estimate of drug-likeness (QED) is 0.120. The van der Waals surface area contributed by atoms with Gasteiger partial charge in [-0.25, -0.2) is 4.79 Å². The number of amides is 3. The van der Waals surface area contributed by atoms with E-state index in [9.17, 15) is 24.0 Å². The number of nitrogens with one attached hydrogen (secondary N) is 1. The van der Waals surface area contributed by atoms with Gasteiger partial charge in [0.2, 0.25) is 17.7 Å². The third-order valence-corrected chi connectivity index (χ3v) is 5.93. The lowest BCUT2D eigenvalue weighted by Gasteiger charge is -2.13. The molecule has 0 radical (unpaired) electrons. The van der Waals surface area contributed by atoms with Gasteiger partial charge in [-0.05, 0) is 12.8 Å². The normalized spacial score (nSPS) is 11.1. The van der Waals surface area contributed by atoms with Crippen molar-refractivity contribution in [3.05, 3.63) is 0 Å². The van der Waals surface area contributed by atoms with Gasteiger partial charge in [0.05, 0.1) is 0 Å². The molecule has 10 heteroatoms. The van der Waals surface area contributed by atoms with E-state index < -0.39 is 18.0 Å². The highest BCUT2D eigenvalue weighted by molar-refractivity contribution is 5.83. The van der Waals surface area contributed by atoms with E-state index in [4.69, 9.17) is 21.7 Å². The molecule has 0 heterocycles. The second-order valence-electron chi connectivity index (χ2n) is 10.5. The van der Waals surface area contributed by atoms with Gasteiger partial charge in [-0.3, -0.25) is 19.2 Å². The lowest BCUT2D eigenvalue weighted by molar-refractivity contribution is -0.143. The van der Waals surface area contributed by atoms with E-state index in [1.54, 1.807) is 27.7 Å². The van der Waals surface area contributed by atoms with Crippen molar-refractivity contribution in [2.24, 2.45) is 23.3 Å². The van der Waals surface area contributed by atoms with E-state index >= 15 is 0 Å². The van der Waals surface area contributed by atoms with E-state index in [2.05, 4.69) is 12.2 Å². The molecule has 7 N–H and O–H groups in total. The van der Waals surface area contributed by atoms with Gasteiger partial charge in [-0.2, -0.15) is 0 Å². The Balaban J connectivity index is -0.000000889. The molecule has 230 valence electrons. The molecule has 3 amide bonds. The Bertz CT molecular complexity index is 649. The molecule has 39 heavy (non-hydrogen) atoms. The molecule has 0 aromatic carbocycles. The predicted molar refractivity (Wildman–Crippen MR) is 155 cm³/mol. The maximum Gasteiger partial charge on any atom is 0.326 e. The summed E-state index contributed by atoms with van der Waals surface area (Å²) in [6, 6.07) is -1.12. The van der Waals surface area contributed by atoms with Crippen LogP contribution in [0, 0.1) is 11.8 Å². The van der Waals surface area contributed by atoms with E-state index in [1.165, 1.54) is 64.2 Å². The van der Waals surface area contributed by atoms with E-state index in [1.807, 2.05) is 0 Å². The summed E-state index contributed by atoms with van der Waals surface area (Å²) in [5.41, 5.74) is 9.59. The summed E-state index contributed by atoms with van der Waals surface area (Å²) in [7, 11) is 0. The maximum atomic E-state index is 11.8. The number of hydrogen-bond acceptors (Lipinski definition) is 5. The first-order chi connectivity index (χ1) is 18.3. The molecule has 0 rings (SSSR count). The maximum absolute atomic E-state index is 11.8. The minimum absolute atomic E-state index is 0.00926. The Morgan fingerprint density at radius 1 is 0.615 bits per heavy atom. The van der Waals surface area contributed by atoms with Crippen LogP contribution in [-0.2, 0) is 24.0 Å². The Morgan fingerprint density at radius 3 is 1.23 bits per heavy atom. The summed E-state index contributed by atoms with van der Waals surface area (Å²) >= 11 is 0. The number of carbonyl (C=O) groups is 5. The lowest BCUT2D eigenvalue weighted by Crippen LogP contribution is -2.41. The van der Waals surface area contributed by atoms with Gasteiger partial charge in [0.25, 0.3) is 0 Å². The number of unbranched alkanes of at least 4 members (excludes halogenated alkanes) is 12. The van der Waals surface area contributed by atoms with Crippen LogP contribution in [0.5, 0.6) is 0 Å². The standard InChI is InChI=1S/C21H39NO5.2C4H9NO/c1-2-3-4-5-6-7-8-9-10-11-12-13-14-15-19(23)22-18(21(26)27)16-17-20(24)25;2*1-3(2)4(5)6/h18H,2-17H2,1H3,(H,22,23)(H,24,25)(H,26,27);2*3H,1-2H3,(H2,5,6)/t18-;;/m0../s1. The van der Waals surface area contributed by atoms with Crippen molar-refractivity contribution >= 4 is 29.7 Å². The minimum atomic E-state index is -1.19.